The molecule has 0 saturated heterocycles. The smallest absolute Gasteiger partial charge is 0.153 e. The third-order valence-corrected chi connectivity index (χ3v) is 3.34. The predicted molar refractivity (Wildman–Crippen MR) is 90.3 cm³/mol. The van der Waals surface area contributed by atoms with Crippen LogP contribution in [-0.4, -0.2) is 23.1 Å². The molecule has 0 atom stereocenters. The van der Waals surface area contributed by atoms with Crippen molar-refractivity contribution in [3.05, 3.63) is 48.5 Å². The largest absolute Gasteiger partial charge is 0.497 e. The van der Waals surface area contributed by atoms with E-state index in [1.807, 2.05) is 48.5 Å². The van der Waals surface area contributed by atoms with Gasteiger partial charge in [-0.1, -0.05) is 30.3 Å². The Morgan fingerprint density at radius 1 is 0.955 bits per heavy atom. The molecular weight excluding hydrogens is 274 g/mol. The van der Waals surface area contributed by atoms with Crippen molar-refractivity contribution in [1.29, 1.82) is 0 Å². The van der Waals surface area contributed by atoms with Gasteiger partial charge < -0.3 is 10.1 Å². The Balaban J connectivity index is 2.21. The number of hydrogen-bond donors (Lipinski definition) is 1. The van der Waals surface area contributed by atoms with Crippen LogP contribution in [0.1, 0.15) is 13.8 Å². The number of fused-ring (bicyclic) bond motifs is 1. The van der Waals surface area contributed by atoms with Crippen molar-refractivity contribution in [2.24, 2.45) is 0 Å². The molecule has 4 nitrogen and oxygen atoms in total. The molecule has 0 aliphatic rings. The van der Waals surface area contributed by atoms with E-state index < -0.39 is 0 Å². The Morgan fingerprint density at radius 2 is 1.73 bits per heavy atom. The van der Waals surface area contributed by atoms with Crippen molar-refractivity contribution in [3.8, 4) is 17.0 Å². The van der Waals surface area contributed by atoms with Gasteiger partial charge in [0.1, 0.15) is 11.4 Å². The van der Waals surface area contributed by atoms with Crippen molar-refractivity contribution in [3.63, 3.8) is 0 Å². The number of rotatable bonds is 4. The Morgan fingerprint density at radius 3 is 2.41 bits per heavy atom. The number of aromatic nitrogens is 2. The second-order valence-corrected chi connectivity index (χ2v) is 5.44. The fraction of sp³-hybridized carbons (Fsp3) is 0.222. The lowest BCUT2D eigenvalue weighted by atomic mass is 10.1. The lowest BCUT2D eigenvalue weighted by molar-refractivity contribution is 0.415. The first-order valence-corrected chi connectivity index (χ1v) is 7.35. The summed E-state index contributed by atoms with van der Waals surface area (Å²) in [7, 11) is 1.65. The SMILES string of the molecule is COc1ccc2nc(NC(C)C)c(-c3ccccc3)nc2c1. The second kappa shape index (κ2) is 6.02. The van der Waals surface area contributed by atoms with E-state index in [1.165, 1.54) is 0 Å². The van der Waals surface area contributed by atoms with Crippen molar-refractivity contribution in [2.75, 3.05) is 12.4 Å². The summed E-state index contributed by atoms with van der Waals surface area (Å²) < 4.78 is 5.28. The normalized spacial score (nSPS) is 10.9. The summed E-state index contributed by atoms with van der Waals surface area (Å²) in [5.74, 6) is 1.59. The minimum Gasteiger partial charge on any atom is -0.497 e. The van der Waals surface area contributed by atoms with Crippen LogP contribution < -0.4 is 10.1 Å². The molecule has 4 heteroatoms. The van der Waals surface area contributed by atoms with Gasteiger partial charge in [0.05, 0.1) is 18.1 Å². The zero-order valence-corrected chi connectivity index (χ0v) is 13.0. The third-order valence-electron chi connectivity index (χ3n) is 3.34. The number of nitrogens with one attached hydrogen (secondary N) is 1. The van der Waals surface area contributed by atoms with E-state index >= 15 is 0 Å². The Kier molecular flexibility index (Phi) is 3.92. The van der Waals surface area contributed by atoms with Crippen LogP contribution in [0.25, 0.3) is 22.3 Å². The molecular formula is C18H19N3O. The molecule has 0 fully saturated rings. The number of nitrogens with zero attached hydrogens (tertiary/aromatic N) is 2. The first-order valence-electron chi connectivity index (χ1n) is 7.35. The van der Waals surface area contributed by atoms with Crippen LogP contribution in [0.4, 0.5) is 5.82 Å². The lowest BCUT2D eigenvalue weighted by Crippen LogP contribution is -2.13. The van der Waals surface area contributed by atoms with E-state index in [9.17, 15) is 0 Å². The molecule has 0 aliphatic heterocycles. The Labute approximate surface area is 130 Å². The van der Waals surface area contributed by atoms with Gasteiger partial charge in [0.15, 0.2) is 5.82 Å². The molecule has 1 heterocycles. The molecule has 2 aromatic carbocycles. The molecule has 0 radical (unpaired) electrons. The summed E-state index contributed by atoms with van der Waals surface area (Å²) in [6, 6.07) is 16.1. The first kappa shape index (κ1) is 14.3. The molecule has 3 rings (SSSR count). The second-order valence-electron chi connectivity index (χ2n) is 5.44. The zero-order valence-electron chi connectivity index (χ0n) is 13.0. The van der Waals surface area contributed by atoms with Crippen molar-refractivity contribution in [2.45, 2.75) is 19.9 Å². The van der Waals surface area contributed by atoms with E-state index in [0.717, 1.165) is 33.9 Å². The Hall–Kier alpha value is -2.62. The maximum Gasteiger partial charge on any atom is 0.153 e. The fourth-order valence-corrected chi connectivity index (χ4v) is 2.33. The average molecular weight is 293 g/mol. The molecule has 112 valence electrons. The minimum atomic E-state index is 0.285. The van der Waals surface area contributed by atoms with Gasteiger partial charge in [0, 0.05) is 17.7 Å². The van der Waals surface area contributed by atoms with Crippen LogP contribution in [0, 0.1) is 0 Å². The molecule has 0 spiro atoms. The molecule has 1 aromatic heterocycles. The number of ether oxygens (including phenoxy) is 1. The highest BCUT2D eigenvalue weighted by Gasteiger charge is 2.12. The molecule has 0 aliphatic carbocycles. The van der Waals surface area contributed by atoms with Crippen molar-refractivity contribution >= 4 is 16.9 Å². The van der Waals surface area contributed by atoms with E-state index in [-0.39, 0.29) is 6.04 Å². The van der Waals surface area contributed by atoms with Crippen LogP contribution >= 0.6 is 0 Å². The number of hydrogen-bond acceptors (Lipinski definition) is 4. The molecule has 22 heavy (non-hydrogen) atoms. The summed E-state index contributed by atoms with van der Waals surface area (Å²) in [6.45, 7) is 4.18. The summed E-state index contributed by atoms with van der Waals surface area (Å²) in [4.78, 5) is 9.54. The molecule has 0 bridgehead atoms. The van der Waals surface area contributed by atoms with Gasteiger partial charge in [-0.05, 0) is 26.0 Å². The highest BCUT2D eigenvalue weighted by molar-refractivity contribution is 5.84. The van der Waals surface area contributed by atoms with E-state index in [4.69, 9.17) is 14.7 Å². The lowest BCUT2D eigenvalue weighted by Gasteiger charge is -2.14. The van der Waals surface area contributed by atoms with Gasteiger partial charge in [-0.25, -0.2) is 9.97 Å². The highest BCUT2D eigenvalue weighted by Crippen LogP contribution is 2.28. The zero-order chi connectivity index (χ0) is 15.5. The van der Waals surface area contributed by atoms with E-state index in [1.54, 1.807) is 7.11 Å². The molecule has 0 amide bonds. The molecule has 3 aromatic rings. The highest BCUT2D eigenvalue weighted by atomic mass is 16.5. The van der Waals surface area contributed by atoms with E-state index in [2.05, 4.69) is 19.2 Å². The van der Waals surface area contributed by atoms with Crippen LogP contribution in [0.3, 0.4) is 0 Å². The van der Waals surface area contributed by atoms with Crippen LogP contribution in [0.2, 0.25) is 0 Å². The predicted octanol–water partition coefficient (Wildman–Crippen LogP) is 4.13. The van der Waals surface area contributed by atoms with Gasteiger partial charge in [0.25, 0.3) is 0 Å². The van der Waals surface area contributed by atoms with Gasteiger partial charge in [-0.15, -0.1) is 0 Å². The summed E-state index contributed by atoms with van der Waals surface area (Å²) >= 11 is 0. The van der Waals surface area contributed by atoms with Gasteiger partial charge >= 0.3 is 0 Å². The van der Waals surface area contributed by atoms with Crippen molar-refractivity contribution in [1.82, 2.24) is 9.97 Å². The standard InChI is InChI=1S/C18H19N3O/c1-12(2)19-18-17(13-7-5-4-6-8-13)20-16-11-14(22-3)9-10-15(16)21-18/h4-12H,1-3H3,(H,19,21). The Bertz CT molecular complexity index is 785. The minimum absolute atomic E-state index is 0.285. The molecule has 1 N–H and O–H groups in total. The first-order chi connectivity index (χ1) is 10.7. The van der Waals surface area contributed by atoms with Crippen LogP contribution in [0.5, 0.6) is 5.75 Å². The van der Waals surface area contributed by atoms with Crippen molar-refractivity contribution < 1.29 is 4.74 Å². The quantitative estimate of drug-likeness (QED) is 0.786. The summed E-state index contributed by atoms with van der Waals surface area (Å²) in [5.41, 5.74) is 3.58. The third kappa shape index (κ3) is 2.86. The summed E-state index contributed by atoms with van der Waals surface area (Å²) in [5, 5.41) is 3.39. The van der Waals surface area contributed by atoms with E-state index in [0.29, 0.717) is 0 Å². The number of methoxy groups -OCH3 is 1. The topological polar surface area (TPSA) is 47.0 Å². The maximum absolute atomic E-state index is 5.28. The fourth-order valence-electron chi connectivity index (χ4n) is 2.33. The van der Waals surface area contributed by atoms with Crippen LogP contribution in [-0.2, 0) is 0 Å². The van der Waals surface area contributed by atoms with Gasteiger partial charge in [-0.3, -0.25) is 0 Å². The van der Waals surface area contributed by atoms with Gasteiger partial charge in [0.2, 0.25) is 0 Å². The monoisotopic (exact) mass is 293 g/mol. The number of anilines is 1. The molecule has 0 saturated carbocycles. The summed E-state index contributed by atoms with van der Waals surface area (Å²) in [6.07, 6.45) is 0. The van der Waals surface area contributed by atoms with Crippen LogP contribution in [0.15, 0.2) is 48.5 Å². The van der Waals surface area contributed by atoms with Gasteiger partial charge in [-0.2, -0.15) is 0 Å². The average Bonchev–Trinajstić information content (AvgIpc) is 2.54. The molecule has 0 unspecified atom stereocenters. The number of benzene rings is 2. The maximum atomic E-state index is 5.28.